The van der Waals surface area contributed by atoms with Crippen molar-refractivity contribution >= 4 is 98.0 Å². The summed E-state index contributed by atoms with van der Waals surface area (Å²) in [7, 11) is 5.78. The maximum atomic E-state index is 12.2. The molecule has 20 nitrogen and oxygen atoms in total. The number of H-pyrrole nitrogens is 1. The Labute approximate surface area is 480 Å². The van der Waals surface area contributed by atoms with E-state index < -0.39 is 17.9 Å². The second kappa shape index (κ2) is 25.5. The van der Waals surface area contributed by atoms with E-state index in [1.165, 1.54) is 23.6 Å². The van der Waals surface area contributed by atoms with Gasteiger partial charge in [-0.25, -0.2) is 28.8 Å². The minimum absolute atomic E-state index is 0.0157. The van der Waals surface area contributed by atoms with Gasteiger partial charge in [0.1, 0.15) is 28.7 Å². The summed E-state index contributed by atoms with van der Waals surface area (Å²) in [4.78, 5) is 35.3. The fourth-order valence-electron chi connectivity index (χ4n) is 7.82. The average molecular weight is 1270 g/mol. The van der Waals surface area contributed by atoms with Gasteiger partial charge in [0, 0.05) is 13.4 Å². The van der Waals surface area contributed by atoms with E-state index in [-0.39, 0.29) is 34.7 Å². The summed E-state index contributed by atoms with van der Waals surface area (Å²) in [5, 5.41) is 41.2. The lowest BCUT2D eigenvalue weighted by atomic mass is 10.1. The van der Waals surface area contributed by atoms with Gasteiger partial charge < -0.3 is 38.3 Å². The third-order valence-corrected chi connectivity index (χ3v) is 13.3. The van der Waals surface area contributed by atoms with Crippen molar-refractivity contribution in [2.24, 2.45) is 0 Å². The number of carbonyl (C=O) groups is 3. The van der Waals surface area contributed by atoms with E-state index in [4.69, 9.17) is 28.4 Å². The molecule has 11 rings (SSSR count). The predicted molar refractivity (Wildman–Crippen MR) is 305 cm³/mol. The third-order valence-electron chi connectivity index (χ3n) is 11.8. The van der Waals surface area contributed by atoms with Gasteiger partial charge in [-0.3, -0.25) is 0 Å². The molecule has 0 radical (unpaired) electrons. The monoisotopic (exact) mass is 1270 g/mol. The molecule has 2 N–H and O–H groups in total. The van der Waals surface area contributed by atoms with Crippen LogP contribution in [0.5, 0.6) is 46.4 Å². The highest BCUT2D eigenvalue weighted by Gasteiger charge is 2.25. The number of hydrogen-bond acceptors (Lipinski definition) is 16. The second-order valence-corrected chi connectivity index (χ2v) is 19.8. The number of fused-ring (bicyclic) bond motifs is 3. The van der Waals surface area contributed by atoms with Crippen molar-refractivity contribution in [3.8, 4) is 46.4 Å². The molecule has 3 aromatic heterocycles. The molecule has 8 aromatic carbocycles. The third kappa shape index (κ3) is 13.5. The summed E-state index contributed by atoms with van der Waals surface area (Å²) >= 11 is 10.4. The molecule has 3 heterocycles. The lowest BCUT2D eigenvalue weighted by molar-refractivity contribution is 0.0581. The highest BCUT2D eigenvalue weighted by Crippen LogP contribution is 2.33. The molecule has 0 spiro atoms. The quantitative estimate of drug-likeness (QED) is 0.0907. The molecule has 0 aliphatic heterocycles. The number of esters is 2. The number of methoxy groups -OCH3 is 4. The van der Waals surface area contributed by atoms with Crippen LogP contribution in [0.2, 0.25) is 0 Å². The number of carboxylic acids is 1. The molecule has 0 aliphatic rings. The normalized spacial score (nSPS) is 10.7. The lowest BCUT2D eigenvalue weighted by Crippen LogP contribution is -2.07. The van der Waals surface area contributed by atoms with Crippen molar-refractivity contribution < 1.29 is 52.6 Å². The Bertz CT molecular complexity index is 4020. The maximum Gasteiger partial charge on any atom is 0.364 e. The highest BCUT2D eigenvalue weighted by atomic mass is 79.9. The van der Waals surface area contributed by atoms with Crippen molar-refractivity contribution in [2.45, 2.75) is 13.1 Å². The van der Waals surface area contributed by atoms with Gasteiger partial charge in [0.05, 0.1) is 41.5 Å². The van der Waals surface area contributed by atoms with E-state index in [1.807, 2.05) is 146 Å². The molecule has 0 aliphatic carbocycles. The molecule has 80 heavy (non-hydrogen) atoms. The SMILES string of the molecule is COC(=O)c1[nH]nnc1Oc1ccc2cc(Br)ccc2c1.COC(=O)c1nnn(Cc2ccc(OC)cc2)c1Oc1ccc2cc(Br)ccc2c1.COc1ccc(Cn2nnc(C(=O)O)c2Oc2ccc3cc(Br)ccc3c2)cc1. The van der Waals surface area contributed by atoms with Gasteiger partial charge in [-0.2, -0.15) is 0 Å². The number of ether oxygens (including phenoxy) is 7. The Balaban J connectivity index is 0.000000148. The first-order chi connectivity index (χ1) is 38.8. The van der Waals surface area contributed by atoms with Crippen LogP contribution in [-0.4, -0.2) is 96.9 Å². The Morgan fingerprint density at radius 2 is 0.838 bits per heavy atom. The number of carboxylic acid groups (broad SMARTS) is 1. The zero-order valence-electron chi connectivity index (χ0n) is 42.7. The smallest absolute Gasteiger partial charge is 0.364 e. The molecule has 0 saturated carbocycles. The molecular weight excluding hydrogens is 1230 g/mol. The summed E-state index contributed by atoms with van der Waals surface area (Å²) in [5.74, 6) is 1.08. The number of hydrogen-bond donors (Lipinski definition) is 2. The summed E-state index contributed by atoms with van der Waals surface area (Å²) < 4.78 is 43.3. The molecule has 11 aromatic rings. The van der Waals surface area contributed by atoms with Crippen molar-refractivity contribution in [1.82, 2.24) is 45.4 Å². The minimum Gasteiger partial charge on any atom is -0.497 e. The molecule has 23 heteroatoms. The number of carbonyl (C=O) groups excluding carboxylic acids is 2. The van der Waals surface area contributed by atoms with E-state index >= 15 is 0 Å². The van der Waals surface area contributed by atoms with Crippen molar-refractivity contribution in [2.75, 3.05) is 28.4 Å². The van der Waals surface area contributed by atoms with E-state index in [0.717, 1.165) is 68.4 Å². The first-order valence-corrected chi connectivity index (χ1v) is 26.2. The molecular formula is C57H44Br3N9O11. The highest BCUT2D eigenvalue weighted by molar-refractivity contribution is 9.11. The van der Waals surface area contributed by atoms with Crippen molar-refractivity contribution in [1.29, 1.82) is 0 Å². The van der Waals surface area contributed by atoms with Crippen LogP contribution in [0, 0.1) is 0 Å². The maximum absolute atomic E-state index is 12.2. The zero-order chi connectivity index (χ0) is 56.3. The molecule has 0 fully saturated rings. The zero-order valence-corrected chi connectivity index (χ0v) is 47.4. The fourth-order valence-corrected chi connectivity index (χ4v) is 8.95. The van der Waals surface area contributed by atoms with Gasteiger partial charge in [-0.1, -0.05) is 129 Å². The molecule has 0 saturated heterocycles. The van der Waals surface area contributed by atoms with E-state index in [2.05, 4.69) is 88.6 Å². The largest absolute Gasteiger partial charge is 0.497 e. The van der Waals surface area contributed by atoms with Crippen LogP contribution in [0.3, 0.4) is 0 Å². The van der Waals surface area contributed by atoms with Crippen LogP contribution in [0.4, 0.5) is 0 Å². The van der Waals surface area contributed by atoms with Crippen LogP contribution < -0.4 is 23.7 Å². The number of halogens is 3. The average Bonchev–Trinajstić information content (AvgIpc) is 4.23. The van der Waals surface area contributed by atoms with Crippen LogP contribution in [0.25, 0.3) is 32.3 Å². The summed E-state index contributed by atoms with van der Waals surface area (Å²) in [6.07, 6.45) is 0. The number of nitrogens with zero attached hydrogens (tertiary/aromatic N) is 8. The Morgan fingerprint density at radius 3 is 1.25 bits per heavy atom. The molecule has 0 unspecified atom stereocenters. The standard InChI is InChI=1S/C22H18BrN3O4.C21H16BrN3O4.C14H10BrN3O3/c1-28-18-8-3-14(4-9-18)13-26-21(20(24-25-26)22(27)29-2)30-19-10-6-15-11-17(23)7-5-16(15)12-19;1-28-17-7-2-13(3-8-17)12-25-20(19(21(26)27)23-24-25)29-18-9-5-14-10-16(22)6-4-15(14)11-18;1-20-14(19)12-13(17-18-16-12)21-11-5-3-8-6-10(15)4-2-9(8)7-11/h3-12H,13H2,1-2H3;2-11H,12H2,1H3,(H,26,27);2-7H,1H3,(H,16,17,18). The summed E-state index contributed by atoms with van der Waals surface area (Å²) in [6.45, 7) is 0.671. The van der Waals surface area contributed by atoms with Crippen molar-refractivity contribution in [3.05, 3.63) is 199 Å². The number of aromatic nitrogens is 9. The Hall–Kier alpha value is -9.19. The van der Waals surface area contributed by atoms with E-state index in [9.17, 15) is 19.5 Å². The van der Waals surface area contributed by atoms with Crippen LogP contribution in [-0.2, 0) is 22.6 Å². The Kier molecular flexibility index (Phi) is 17.7. The first-order valence-electron chi connectivity index (χ1n) is 23.8. The number of aromatic amines is 1. The van der Waals surface area contributed by atoms with Crippen LogP contribution in [0.15, 0.2) is 171 Å². The van der Waals surface area contributed by atoms with E-state index in [0.29, 0.717) is 30.3 Å². The topological polar surface area (TPSA) is 239 Å². The summed E-state index contributed by atoms with van der Waals surface area (Å²) in [5.41, 5.74) is 1.70. The second-order valence-electron chi connectivity index (χ2n) is 17.0. The number of aromatic carboxylic acids is 1. The number of benzene rings is 8. The van der Waals surface area contributed by atoms with Gasteiger partial charge in [-0.15, -0.1) is 10.2 Å². The molecule has 0 atom stereocenters. The molecule has 0 amide bonds. The Morgan fingerprint density at radius 1 is 0.463 bits per heavy atom. The van der Waals surface area contributed by atoms with E-state index in [1.54, 1.807) is 26.4 Å². The summed E-state index contributed by atoms with van der Waals surface area (Å²) in [6, 6.07) is 49.5. The van der Waals surface area contributed by atoms with Crippen LogP contribution >= 0.6 is 47.8 Å². The van der Waals surface area contributed by atoms with Gasteiger partial charge in [0.2, 0.25) is 17.1 Å². The van der Waals surface area contributed by atoms with Gasteiger partial charge >= 0.3 is 17.9 Å². The van der Waals surface area contributed by atoms with Gasteiger partial charge in [0.15, 0.2) is 0 Å². The molecule has 0 bridgehead atoms. The lowest BCUT2D eigenvalue weighted by Gasteiger charge is -2.11. The predicted octanol–water partition coefficient (Wildman–Crippen LogP) is 12.9. The minimum atomic E-state index is -1.20. The molecule has 404 valence electrons. The van der Waals surface area contributed by atoms with Gasteiger partial charge in [0.25, 0.3) is 17.6 Å². The fraction of sp³-hybridized carbons (Fsp3) is 0.105. The van der Waals surface area contributed by atoms with Gasteiger partial charge in [-0.05, 0) is 141 Å². The first kappa shape index (κ1) is 55.6. The number of nitrogens with one attached hydrogen (secondary N) is 1. The number of rotatable bonds is 15. The van der Waals surface area contributed by atoms with Crippen LogP contribution in [0.1, 0.15) is 42.6 Å². The van der Waals surface area contributed by atoms with Crippen molar-refractivity contribution in [3.63, 3.8) is 0 Å².